The summed E-state index contributed by atoms with van der Waals surface area (Å²) in [6.07, 6.45) is 3.19. The van der Waals surface area contributed by atoms with E-state index in [2.05, 4.69) is 26.8 Å². The molecule has 2 aliphatic rings. The Bertz CT molecular complexity index is 1920. The Morgan fingerprint density at radius 3 is 2.46 bits per heavy atom. The summed E-state index contributed by atoms with van der Waals surface area (Å²) in [6.45, 7) is 12.5. The van der Waals surface area contributed by atoms with E-state index in [-0.39, 0.29) is 56.9 Å². The molecule has 0 radical (unpaired) electrons. The lowest BCUT2D eigenvalue weighted by molar-refractivity contribution is -0.126. The van der Waals surface area contributed by atoms with E-state index < -0.39 is 34.2 Å². The highest BCUT2D eigenvalue weighted by Gasteiger charge is 2.37. The number of anilines is 2. The second-order valence-electron chi connectivity index (χ2n) is 12.1. The van der Waals surface area contributed by atoms with Gasteiger partial charge in [-0.05, 0) is 36.5 Å². The van der Waals surface area contributed by atoms with Gasteiger partial charge in [-0.1, -0.05) is 51.9 Å². The third-order valence-electron chi connectivity index (χ3n) is 8.65. The number of phenolic OH excluding ortho intramolecular Hbond substituents is 1. The van der Waals surface area contributed by atoms with Crippen LogP contribution in [0, 0.1) is 11.6 Å². The highest BCUT2D eigenvalue weighted by atomic mass is 35.5. The molecular formula is C33H34ClF2N7O3. The molecule has 2 N–H and O–H groups in total. The fraction of sp³-hybridized carbons (Fsp3) is 0.364. The van der Waals surface area contributed by atoms with Crippen LogP contribution in [0.3, 0.4) is 0 Å². The van der Waals surface area contributed by atoms with Crippen molar-refractivity contribution in [2.24, 2.45) is 0 Å². The number of carbonyl (C=O) groups excluding carboxylic acids is 1. The van der Waals surface area contributed by atoms with Gasteiger partial charge < -0.3 is 20.2 Å². The van der Waals surface area contributed by atoms with Crippen LogP contribution >= 0.6 is 11.6 Å². The standard InChI is InChI=1S/C33H34ClF2N7O3/c1-6-21(45)41-12-13-42-18(14-41)10-11-37-29-24-30(26(36)23(25(29)34)22-19(35)8-7-9-20(22)44)43(33(46)40-32(24)42)31-27(16(2)3)38-15-39-28(31)17(4)5/h6-9,15-18,37,44H,1,10-14H2,2-5H3. The fourth-order valence-corrected chi connectivity index (χ4v) is 6.85. The van der Waals surface area contributed by atoms with Crippen molar-refractivity contribution >= 4 is 39.9 Å². The normalized spacial score (nSPS) is 16.3. The van der Waals surface area contributed by atoms with E-state index in [1.54, 1.807) is 4.90 Å². The lowest BCUT2D eigenvalue weighted by atomic mass is 9.96. The largest absolute Gasteiger partial charge is 0.507 e. The lowest BCUT2D eigenvalue weighted by Gasteiger charge is -2.43. The number of hydrogen-bond acceptors (Lipinski definition) is 8. The summed E-state index contributed by atoms with van der Waals surface area (Å²) >= 11 is 6.96. The minimum Gasteiger partial charge on any atom is -0.507 e. The van der Waals surface area contributed by atoms with Crippen LogP contribution in [0.1, 0.15) is 57.3 Å². The van der Waals surface area contributed by atoms with Crippen molar-refractivity contribution in [3.8, 4) is 22.6 Å². The number of hydrogen-bond donors (Lipinski definition) is 2. The van der Waals surface area contributed by atoms with Crippen LogP contribution in [0.5, 0.6) is 5.75 Å². The van der Waals surface area contributed by atoms with Crippen molar-refractivity contribution in [1.82, 2.24) is 24.4 Å². The number of aromatic hydroxyl groups is 1. The van der Waals surface area contributed by atoms with Crippen molar-refractivity contribution in [2.75, 3.05) is 36.4 Å². The SMILES string of the molecule is C=CC(=O)N1CCN2c3nc(=O)n(-c4c(C(C)C)ncnc4C(C)C)c4c(F)c(-c5c(O)cccc5F)c(Cl)c(c34)NCCC2C1. The van der Waals surface area contributed by atoms with E-state index in [4.69, 9.17) is 11.6 Å². The molecule has 240 valence electrons. The van der Waals surface area contributed by atoms with Crippen LogP contribution in [-0.2, 0) is 4.79 Å². The van der Waals surface area contributed by atoms with Gasteiger partial charge in [0.05, 0.1) is 38.7 Å². The quantitative estimate of drug-likeness (QED) is 0.263. The van der Waals surface area contributed by atoms with Crippen LogP contribution in [0.15, 0.2) is 42.0 Å². The second-order valence-corrected chi connectivity index (χ2v) is 12.5. The van der Waals surface area contributed by atoms with E-state index in [0.29, 0.717) is 44.0 Å². The van der Waals surface area contributed by atoms with Gasteiger partial charge in [0.2, 0.25) is 5.91 Å². The minimum absolute atomic E-state index is 0.171. The van der Waals surface area contributed by atoms with Gasteiger partial charge in [0.1, 0.15) is 29.2 Å². The van der Waals surface area contributed by atoms with Crippen molar-refractivity contribution in [3.63, 3.8) is 0 Å². The molecule has 0 saturated carbocycles. The zero-order chi connectivity index (χ0) is 33.0. The molecule has 2 aliphatic heterocycles. The first kappa shape index (κ1) is 31.4. The molecular weight excluding hydrogens is 616 g/mol. The Hall–Kier alpha value is -4.58. The maximum absolute atomic E-state index is 17.5. The predicted molar refractivity (Wildman–Crippen MR) is 174 cm³/mol. The Morgan fingerprint density at radius 2 is 1.83 bits per heavy atom. The molecule has 0 spiro atoms. The Balaban J connectivity index is 1.79. The lowest BCUT2D eigenvalue weighted by Crippen LogP contribution is -2.56. The van der Waals surface area contributed by atoms with Crippen LogP contribution in [0.25, 0.3) is 27.7 Å². The average molecular weight is 650 g/mol. The highest BCUT2D eigenvalue weighted by Crippen LogP contribution is 2.49. The molecule has 1 fully saturated rings. The van der Waals surface area contributed by atoms with E-state index in [1.165, 1.54) is 24.5 Å². The van der Waals surface area contributed by atoms with Crippen molar-refractivity contribution < 1.29 is 18.7 Å². The summed E-state index contributed by atoms with van der Waals surface area (Å²) in [6, 6.07) is 3.38. The monoisotopic (exact) mass is 649 g/mol. The summed E-state index contributed by atoms with van der Waals surface area (Å²) in [5.41, 5.74) is -0.308. The Kier molecular flexibility index (Phi) is 8.18. The topological polar surface area (TPSA) is 116 Å². The van der Waals surface area contributed by atoms with Gasteiger partial charge in [-0.3, -0.25) is 9.36 Å². The number of piperazine rings is 1. The van der Waals surface area contributed by atoms with Crippen molar-refractivity contribution in [1.29, 1.82) is 0 Å². The van der Waals surface area contributed by atoms with Crippen LogP contribution in [0.2, 0.25) is 5.02 Å². The smallest absolute Gasteiger partial charge is 0.354 e. The number of nitrogens with one attached hydrogen (secondary N) is 1. The molecule has 1 saturated heterocycles. The first-order valence-corrected chi connectivity index (χ1v) is 15.6. The van der Waals surface area contributed by atoms with Gasteiger partial charge in [-0.15, -0.1) is 0 Å². The summed E-state index contributed by atoms with van der Waals surface area (Å²) in [4.78, 5) is 44.0. The molecule has 4 aromatic rings. The first-order chi connectivity index (χ1) is 22.0. The van der Waals surface area contributed by atoms with Crippen molar-refractivity contribution in [3.05, 3.63) is 75.7 Å². The molecule has 0 bridgehead atoms. The molecule has 1 amide bonds. The van der Waals surface area contributed by atoms with Gasteiger partial charge in [-0.2, -0.15) is 4.98 Å². The van der Waals surface area contributed by atoms with Crippen LogP contribution in [0.4, 0.5) is 20.3 Å². The van der Waals surface area contributed by atoms with Crippen LogP contribution < -0.4 is 15.9 Å². The van der Waals surface area contributed by atoms with Gasteiger partial charge >= 0.3 is 5.69 Å². The van der Waals surface area contributed by atoms with Gasteiger partial charge in [-0.25, -0.2) is 23.5 Å². The molecule has 46 heavy (non-hydrogen) atoms. The summed E-state index contributed by atoms with van der Waals surface area (Å²) in [5.74, 6) is -2.83. The average Bonchev–Trinajstić information content (AvgIpc) is 3.01. The zero-order valence-electron chi connectivity index (χ0n) is 25.9. The number of phenols is 1. The Labute approximate surface area is 269 Å². The maximum Gasteiger partial charge on any atom is 0.354 e. The number of benzene rings is 2. The van der Waals surface area contributed by atoms with E-state index in [9.17, 15) is 14.7 Å². The van der Waals surface area contributed by atoms with E-state index in [1.807, 2.05) is 32.6 Å². The zero-order valence-corrected chi connectivity index (χ0v) is 26.7. The number of fused-ring (bicyclic) bond motifs is 2. The molecule has 6 rings (SSSR count). The van der Waals surface area contributed by atoms with E-state index in [0.717, 1.165) is 10.6 Å². The van der Waals surface area contributed by atoms with Gasteiger partial charge in [0.25, 0.3) is 0 Å². The molecule has 2 aromatic heterocycles. The fourth-order valence-electron chi connectivity index (χ4n) is 6.51. The van der Waals surface area contributed by atoms with Crippen LogP contribution in [-0.4, -0.2) is 67.7 Å². The number of aromatic nitrogens is 4. The molecule has 1 atom stereocenters. The van der Waals surface area contributed by atoms with Gasteiger partial charge in [0.15, 0.2) is 5.82 Å². The molecule has 10 nitrogen and oxygen atoms in total. The molecule has 1 unspecified atom stereocenters. The Morgan fingerprint density at radius 1 is 1.13 bits per heavy atom. The molecule has 2 aromatic carbocycles. The molecule has 0 aliphatic carbocycles. The van der Waals surface area contributed by atoms with Crippen molar-refractivity contribution in [2.45, 2.75) is 52.0 Å². The predicted octanol–water partition coefficient (Wildman–Crippen LogP) is 5.75. The number of halogens is 3. The maximum atomic E-state index is 17.5. The number of rotatable bonds is 5. The third-order valence-corrected chi connectivity index (χ3v) is 9.03. The first-order valence-electron chi connectivity index (χ1n) is 15.2. The number of nitrogens with zero attached hydrogens (tertiary/aromatic N) is 6. The van der Waals surface area contributed by atoms with Gasteiger partial charge in [0, 0.05) is 37.8 Å². The van der Waals surface area contributed by atoms with E-state index >= 15 is 8.78 Å². The third kappa shape index (κ3) is 4.95. The molecule has 4 heterocycles. The number of amides is 1. The second kappa shape index (κ2) is 12.0. The summed E-state index contributed by atoms with van der Waals surface area (Å²) in [5, 5.41) is 14.1. The highest BCUT2D eigenvalue weighted by molar-refractivity contribution is 6.38. The number of carbonyl (C=O) groups is 1. The molecule has 13 heteroatoms. The summed E-state index contributed by atoms with van der Waals surface area (Å²) in [7, 11) is 0. The minimum atomic E-state index is -1.02. The summed E-state index contributed by atoms with van der Waals surface area (Å²) < 4.78 is 34.0.